The summed E-state index contributed by atoms with van der Waals surface area (Å²) in [5.74, 6) is 0.291. The summed E-state index contributed by atoms with van der Waals surface area (Å²) in [6, 6.07) is 7.37. The van der Waals surface area contributed by atoms with Crippen molar-refractivity contribution >= 4 is 22.5 Å². The molecule has 100 valence electrons. The molecule has 0 aliphatic rings. The zero-order valence-corrected chi connectivity index (χ0v) is 11.3. The van der Waals surface area contributed by atoms with Gasteiger partial charge in [0.05, 0.1) is 5.69 Å². The van der Waals surface area contributed by atoms with E-state index >= 15 is 0 Å². The number of aryl methyl sites for hydroxylation is 1. The SMILES string of the molecule is Cc1nnc(NC(C(N)=O)C(C)C)c2ccccc12. The predicted molar refractivity (Wildman–Crippen MR) is 75.7 cm³/mol. The molecule has 1 aromatic carbocycles. The third kappa shape index (κ3) is 2.65. The number of aromatic nitrogens is 2. The average Bonchev–Trinajstić information content (AvgIpc) is 2.37. The van der Waals surface area contributed by atoms with Crippen molar-refractivity contribution in [1.82, 2.24) is 10.2 Å². The molecule has 2 rings (SSSR count). The van der Waals surface area contributed by atoms with Crippen LogP contribution in [-0.2, 0) is 4.79 Å². The van der Waals surface area contributed by atoms with Crippen LogP contribution in [0.3, 0.4) is 0 Å². The van der Waals surface area contributed by atoms with Crippen LogP contribution in [0.5, 0.6) is 0 Å². The molecule has 2 aromatic rings. The van der Waals surface area contributed by atoms with Crippen LogP contribution in [0, 0.1) is 12.8 Å². The Morgan fingerprint density at radius 3 is 2.42 bits per heavy atom. The summed E-state index contributed by atoms with van der Waals surface area (Å²) in [5.41, 5.74) is 6.27. The molecule has 1 unspecified atom stereocenters. The van der Waals surface area contributed by atoms with Crippen molar-refractivity contribution < 1.29 is 4.79 Å². The van der Waals surface area contributed by atoms with Gasteiger partial charge < -0.3 is 11.1 Å². The van der Waals surface area contributed by atoms with Crippen LogP contribution in [0.1, 0.15) is 19.5 Å². The van der Waals surface area contributed by atoms with E-state index < -0.39 is 6.04 Å². The Hall–Kier alpha value is -2.17. The van der Waals surface area contributed by atoms with Crippen molar-refractivity contribution in [1.29, 1.82) is 0 Å². The van der Waals surface area contributed by atoms with Crippen LogP contribution in [0.4, 0.5) is 5.82 Å². The van der Waals surface area contributed by atoms with Crippen LogP contribution in [-0.4, -0.2) is 22.1 Å². The summed E-state index contributed by atoms with van der Waals surface area (Å²) < 4.78 is 0. The molecule has 0 saturated heterocycles. The number of carbonyl (C=O) groups is 1. The van der Waals surface area contributed by atoms with E-state index in [9.17, 15) is 4.79 Å². The average molecular weight is 258 g/mol. The molecule has 3 N–H and O–H groups in total. The zero-order chi connectivity index (χ0) is 14.0. The maximum absolute atomic E-state index is 11.5. The highest BCUT2D eigenvalue weighted by Gasteiger charge is 2.20. The second-order valence-electron chi connectivity index (χ2n) is 4.95. The molecule has 5 nitrogen and oxygen atoms in total. The van der Waals surface area contributed by atoms with Gasteiger partial charge in [-0.3, -0.25) is 4.79 Å². The van der Waals surface area contributed by atoms with Gasteiger partial charge in [0, 0.05) is 10.8 Å². The highest BCUT2D eigenvalue weighted by Crippen LogP contribution is 2.23. The van der Waals surface area contributed by atoms with Gasteiger partial charge in [0.1, 0.15) is 6.04 Å². The number of nitrogens with one attached hydrogen (secondary N) is 1. The van der Waals surface area contributed by atoms with Crippen LogP contribution in [0.15, 0.2) is 24.3 Å². The van der Waals surface area contributed by atoms with E-state index in [1.54, 1.807) is 0 Å². The molecule has 1 heterocycles. The number of rotatable bonds is 4. The second-order valence-corrected chi connectivity index (χ2v) is 4.95. The van der Waals surface area contributed by atoms with Crippen molar-refractivity contribution in [2.75, 3.05) is 5.32 Å². The lowest BCUT2D eigenvalue weighted by molar-refractivity contribution is -0.119. The molecule has 0 aliphatic heterocycles. The van der Waals surface area contributed by atoms with Crippen LogP contribution < -0.4 is 11.1 Å². The highest BCUT2D eigenvalue weighted by molar-refractivity contribution is 5.94. The molecule has 0 saturated carbocycles. The second kappa shape index (κ2) is 5.22. The van der Waals surface area contributed by atoms with Crippen LogP contribution >= 0.6 is 0 Å². The molecule has 0 bridgehead atoms. The van der Waals surface area contributed by atoms with Gasteiger partial charge in [0.15, 0.2) is 5.82 Å². The summed E-state index contributed by atoms with van der Waals surface area (Å²) in [7, 11) is 0. The first kappa shape index (κ1) is 13.3. The van der Waals surface area contributed by atoms with E-state index in [4.69, 9.17) is 5.73 Å². The lowest BCUT2D eigenvalue weighted by Crippen LogP contribution is -2.39. The Bertz CT molecular complexity index is 609. The molecule has 1 aromatic heterocycles. The minimum Gasteiger partial charge on any atom is -0.368 e. The number of fused-ring (bicyclic) bond motifs is 1. The van der Waals surface area contributed by atoms with Gasteiger partial charge in [-0.1, -0.05) is 38.1 Å². The summed E-state index contributed by atoms with van der Waals surface area (Å²) in [6.07, 6.45) is 0. The Labute approximate surface area is 112 Å². The largest absolute Gasteiger partial charge is 0.368 e. The van der Waals surface area contributed by atoms with Crippen molar-refractivity contribution in [2.45, 2.75) is 26.8 Å². The lowest BCUT2D eigenvalue weighted by Gasteiger charge is -2.20. The fourth-order valence-corrected chi connectivity index (χ4v) is 2.06. The molecule has 1 amide bonds. The lowest BCUT2D eigenvalue weighted by atomic mass is 10.0. The van der Waals surface area contributed by atoms with E-state index in [0.29, 0.717) is 5.82 Å². The molecule has 0 fully saturated rings. The number of hydrogen-bond donors (Lipinski definition) is 2. The van der Waals surface area contributed by atoms with Gasteiger partial charge in [-0.05, 0) is 12.8 Å². The van der Waals surface area contributed by atoms with Crippen molar-refractivity contribution in [3.63, 3.8) is 0 Å². The summed E-state index contributed by atoms with van der Waals surface area (Å²) in [5, 5.41) is 13.3. The molecule has 5 heteroatoms. The van der Waals surface area contributed by atoms with Crippen LogP contribution in [0.2, 0.25) is 0 Å². The Kier molecular flexibility index (Phi) is 3.64. The van der Waals surface area contributed by atoms with Gasteiger partial charge in [0.25, 0.3) is 0 Å². The molecule has 0 spiro atoms. The monoisotopic (exact) mass is 258 g/mol. The maximum atomic E-state index is 11.5. The van der Waals surface area contributed by atoms with E-state index in [1.165, 1.54) is 0 Å². The standard InChI is InChI=1S/C14H18N4O/c1-8(2)12(13(15)19)16-14-11-7-5-4-6-10(11)9(3)17-18-14/h4-8,12H,1-3H3,(H2,15,19)(H,16,18). The first-order valence-corrected chi connectivity index (χ1v) is 6.28. The number of benzene rings is 1. The molecule has 0 aliphatic carbocycles. The Morgan fingerprint density at radius 2 is 1.84 bits per heavy atom. The van der Waals surface area contributed by atoms with Gasteiger partial charge >= 0.3 is 0 Å². The first-order chi connectivity index (χ1) is 9.00. The van der Waals surface area contributed by atoms with Crippen molar-refractivity contribution in [2.24, 2.45) is 11.7 Å². The van der Waals surface area contributed by atoms with E-state index in [-0.39, 0.29) is 11.8 Å². The zero-order valence-electron chi connectivity index (χ0n) is 11.3. The summed E-state index contributed by atoms with van der Waals surface area (Å²) in [6.45, 7) is 5.78. The van der Waals surface area contributed by atoms with Gasteiger partial charge in [-0.2, -0.15) is 5.10 Å². The Morgan fingerprint density at radius 1 is 1.21 bits per heavy atom. The number of nitrogens with zero attached hydrogens (tertiary/aromatic N) is 2. The van der Waals surface area contributed by atoms with E-state index in [0.717, 1.165) is 16.5 Å². The summed E-state index contributed by atoms with van der Waals surface area (Å²) >= 11 is 0. The van der Waals surface area contributed by atoms with Crippen molar-refractivity contribution in [3.8, 4) is 0 Å². The number of carbonyl (C=O) groups excluding carboxylic acids is 1. The first-order valence-electron chi connectivity index (χ1n) is 6.28. The minimum absolute atomic E-state index is 0.0827. The number of primary amides is 1. The predicted octanol–water partition coefficient (Wildman–Crippen LogP) is 1.86. The fourth-order valence-electron chi connectivity index (χ4n) is 2.06. The Balaban J connectivity index is 2.46. The van der Waals surface area contributed by atoms with E-state index in [2.05, 4.69) is 15.5 Å². The normalized spacial score (nSPS) is 12.6. The highest BCUT2D eigenvalue weighted by atomic mass is 16.1. The molecule has 19 heavy (non-hydrogen) atoms. The smallest absolute Gasteiger partial charge is 0.240 e. The topological polar surface area (TPSA) is 80.9 Å². The summed E-state index contributed by atoms with van der Waals surface area (Å²) in [4.78, 5) is 11.5. The quantitative estimate of drug-likeness (QED) is 0.877. The number of anilines is 1. The minimum atomic E-state index is -0.458. The fraction of sp³-hybridized carbons (Fsp3) is 0.357. The number of nitrogens with two attached hydrogens (primary N) is 1. The van der Waals surface area contributed by atoms with Crippen LogP contribution in [0.25, 0.3) is 10.8 Å². The van der Waals surface area contributed by atoms with Crippen molar-refractivity contribution in [3.05, 3.63) is 30.0 Å². The molecule has 0 radical (unpaired) electrons. The van der Waals surface area contributed by atoms with Gasteiger partial charge in [-0.25, -0.2) is 0 Å². The number of amides is 1. The third-order valence-electron chi connectivity index (χ3n) is 3.14. The maximum Gasteiger partial charge on any atom is 0.240 e. The number of hydrogen-bond acceptors (Lipinski definition) is 4. The molecular weight excluding hydrogens is 240 g/mol. The third-order valence-corrected chi connectivity index (χ3v) is 3.14. The van der Waals surface area contributed by atoms with Gasteiger partial charge in [-0.15, -0.1) is 5.10 Å². The molecular formula is C14H18N4O. The molecule has 1 atom stereocenters. The van der Waals surface area contributed by atoms with E-state index in [1.807, 2.05) is 45.0 Å². The van der Waals surface area contributed by atoms with Gasteiger partial charge in [0.2, 0.25) is 5.91 Å².